The number of piperidine rings is 1. The third-order valence-electron chi connectivity index (χ3n) is 9.53. The minimum absolute atomic E-state index is 0.285. The number of anilines is 2. The number of likely N-dealkylation sites (tertiary alicyclic amines) is 1. The van der Waals surface area contributed by atoms with Crippen LogP contribution in [0.4, 0.5) is 11.5 Å². The Hall–Kier alpha value is -4.80. The summed E-state index contributed by atoms with van der Waals surface area (Å²) in [5, 5.41) is 0. The van der Waals surface area contributed by atoms with Crippen LogP contribution < -0.4 is 21.5 Å². The molecule has 0 bridgehead atoms. The van der Waals surface area contributed by atoms with Crippen molar-refractivity contribution in [1.29, 1.82) is 0 Å². The molecule has 0 unspecified atom stereocenters. The third kappa shape index (κ3) is 5.58. The number of nitrogens with zero attached hydrogens (tertiary/aromatic N) is 6. The van der Waals surface area contributed by atoms with Crippen LogP contribution in [-0.4, -0.2) is 55.3 Å². The normalized spacial score (nSPS) is 15.8. The van der Waals surface area contributed by atoms with Gasteiger partial charge in [-0.15, -0.1) is 11.8 Å². The van der Waals surface area contributed by atoms with E-state index in [1.165, 1.54) is 17.3 Å². The minimum Gasteiger partial charge on any atom is -0.383 e. The molecule has 6 aromatic rings. The Morgan fingerprint density at radius 2 is 1.60 bits per heavy atom. The average molecular weight is 656 g/mol. The summed E-state index contributed by atoms with van der Waals surface area (Å²) in [6, 6.07) is 27.3. The van der Waals surface area contributed by atoms with Crippen LogP contribution in [0.2, 0.25) is 0 Å². The summed E-state index contributed by atoms with van der Waals surface area (Å²) < 4.78 is 2.07. The quantitative estimate of drug-likeness (QED) is 0.139. The lowest BCUT2D eigenvalue weighted by molar-refractivity contribution is 0.200. The lowest BCUT2D eigenvalue weighted by Crippen LogP contribution is -2.51. The summed E-state index contributed by atoms with van der Waals surface area (Å²) in [7, 11) is 0. The average Bonchev–Trinajstić information content (AvgIpc) is 3.90. The number of hydrogen-bond donors (Lipinski definition) is 1. The zero-order chi connectivity index (χ0) is 32.8. The highest BCUT2D eigenvalue weighted by molar-refractivity contribution is 7.99. The molecule has 10 heteroatoms. The summed E-state index contributed by atoms with van der Waals surface area (Å²) in [5.41, 5.74) is 12.9. The van der Waals surface area contributed by atoms with Crippen LogP contribution in [-0.2, 0) is 6.54 Å². The van der Waals surface area contributed by atoms with Crippen LogP contribution in [0.1, 0.15) is 38.2 Å². The lowest BCUT2D eigenvalue weighted by atomic mass is 10.00. The molecule has 3 aromatic carbocycles. The van der Waals surface area contributed by atoms with Crippen LogP contribution in [0.3, 0.4) is 0 Å². The smallest absolute Gasteiger partial charge is 0.251 e. The molecule has 9 nitrogen and oxygen atoms in total. The van der Waals surface area contributed by atoms with Crippen LogP contribution in [0, 0.1) is 0 Å². The maximum atomic E-state index is 12.7. The minimum atomic E-state index is -0.296. The van der Waals surface area contributed by atoms with Gasteiger partial charge < -0.3 is 10.6 Å². The van der Waals surface area contributed by atoms with Crippen LogP contribution in [0.25, 0.3) is 39.5 Å². The van der Waals surface area contributed by atoms with Crippen molar-refractivity contribution in [2.45, 2.75) is 56.1 Å². The van der Waals surface area contributed by atoms with Crippen molar-refractivity contribution in [2.24, 2.45) is 0 Å². The molecule has 2 N–H and O–H groups in total. The molecule has 2 aliphatic rings. The van der Waals surface area contributed by atoms with E-state index in [1.54, 1.807) is 6.20 Å². The molecule has 4 heterocycles. The number of aromatic nitrogens is 4. The standard InChI is InChI=1S/C38H37N7O2S/c1-2-48-35-32(33(46)34(35)47)44(26-14-15-26)28-18-21-43(22-19-28)23-24-10-12-27(13-11-24)45-37(29-9-6-20-40-36(29)39)42-31-17-16-30(41-38(31)45)25-7-4-3-5-8-25/h3-13,16-17,20,26,28H,2,14-15,18-19,21-23H2,1H3,(H2,39,40). The molecule has 1 saturated heterocycles. The summed E-state index contributed by atoms with van der Waals surface area (Å²) in [6.45, 7) is 4.77. The van der Waals surface area contributed by atoms with Crippen molar-refractivity contribution in [2.75, 3.05) is 29.5 Å². The fraction of sp³-hybridized carbons (Fsp3) is 0.289. The van der Waals surface area contributed by atoms with E-state index in [1.807, 2.05) is 49.4 Å². The largest absolute Gasteiger partial charge is 0.383 e. The highest BCUT2D eigenvalue weighted by atomic mass is 32.2. The fourth-order valence-corrected chi connectivity index (χ4v) is 7.86. The topological polar surface area (TPSA) is 110 Å². The first-order valence-electron chi connectivity index (χ1n) is 16.7. The molecule has 0 spiro atoms. The molecular weight excluding hydrogens is 619 g/mol. The molecular formula is C38H37N7O2S. The van der Waals surface area contributed by atoms with Crippen molar-refractivity contribution in [3.63, 3.8) is 0 Å². The number of fused-ring (bicyclic) bond motifs is 1. The second-order valence-electron chi connectivity index (χ2n) is 12.7. The number of nitrogen functional groups attached to an aromatic ring is 1. The second kappa shape index (κ2) is 12.7. The monoisotopic (exact) mass is 655 g/mol. The maximum absolute atomic E-state index is 12.7. The number of imidazole rings is 1. The zero-order valence-corrected chi connectivity index (χ0v) is 27.7. The van der Waals surface area contributed by atoms with Crippen molar-refractivity contribution in [1.82, 2.24) is 24.4 Å². The maximum Gasteiger partial charge on any atom is 0.251 e. The first kappa shape index (κ1) is 30.5. The lowest BCUT2D eigenvalue weighted by Gasteiger charge is -2.40. The van der Waals surface area contributed by atoms with Gasteiger partial charge in [0.15, 0.2) is 11.5 Å². The van der Waals surface area contributed by atoms with E-state index >= 15 is 0 Å². The Morgan fingerprint density at radius 3 is 2.31 bits per heavy atom. The molecule has 0 amide bonds. The van der Waals surface area contributed by atoms with Crippen LogP contribution >= 0.6 is 11.8 Å². The third-order valence-corrected chi connectivity index (χ3v) is 10.5. The number of benzene rings is 2. The van der Waals surface area contributed by atoms with Crippen molar-refractivity contribution >= 4 is 34.4 Å². The van der Waals surface area contributed by atoms with E-state index in [0.717, 1.165) is 84.7 Å². The molecule has 3 aromatic heterocycles. The van der Waals surface area contributed by atoms with E-state index in [0.29, 0.717) is 34.3 Å². The first-order valence-corrected chi connectivity index (χ1v) is 17.7. The molecule has 2 fully saturated rings. The van der Waals surface area contributed by atoms with Crippen molar-refractivity contribution < 1.29 is 0 Å². The predicted molar refractivity (Wildman–Crippen MR) is 193 cm³/mol. The van der Waals surface area contributed by atoms with Gasteiger partial charge in [0, 0.05) is 49.2 Å². The number of pyridine rings is 2. The van der Waals surface area contributed by atoms with Gasteiger partial charge in [-0.05, 0) is 73.4 Å². The summed E-state index contributed by atoms with van der Waals surface area (Å²) in [5.74, 6) is 1.92. The Kier molecular flexibility index (Phi) is 8.06. The summed E-state index contributed by atoms with van der Waals surface area (Å²) in [6.07, 6.45) is 5.86. The van der Waals surface area contributed by atoms with Crippen LogP contribution in [0.5, 0.6) is 0 Å². The van der Waals surface area contributed by atoms with Gasteiger partial charge >= 0.3 is 0 Å². The molecule has 48 heavy (non-hydrogen) atoms. The Morgan fingerprint density at radius 1 is 0.854 bits per heavy atom. The molecule has 1 saturated carbocycles. The highest BCUT2D eigenvalue weighted by Crippen LogP contribution is 2.39. The van der Waals surface area contributed by atoms with E-state index in [4.69, 9.17) is 15.7 Å². The SMILES string of the molecule is CCSc1c(N(C2CC2)C2CCN(Cc3ccc(-n4c(-c5cccnc5N)nc5ccc(-c6ccccc6)nc54)cc3)CC2)c(=O)c1=O. The van der Waals surface area contributed by atoms with Gasteiger partial charge in [0.2, 0.25) is 5.43 Å². The second-order valence-corrected chi connectivity index (χ2v) is 14.0. The summed E-state index contributed by atoms with van der Waals surface area (Å²) >= 11 is 1.52. The zero-order valence-electron chi connectivity index (χ0n) is 26.9. The fourth-order valence-electron chi connectivity index (χ4n) is 7.01. The summed E-state index contributed by atoms with van der Waals surface area (Å²) in [4.78, 5) is 44.9. The molecule has 1 aliphatic heterocycles. The van der Waals surface area contributed by atoms with Crippen LogP contribution in [0.15, 0.2) is 99.5 Å². The van der Waals surface area contributed by atoms with Gasteiger partial charge in [0.1, 0.15) is 17.0 Å². The van der Waals surface area contributed by atoms with E-state index < -0.39 is 0 Å². The van der Waals surface area contributed by atoms with E-state index in [-0.39, 0.29) is 10.9 Å². The predicted octanol–water partition coefficient (Wildman–Crippen LogP) is 6.07. The van der Waals surface area contributed by atoms with E-state index in [9.17, 15) is 9.59 Å². The first-order chi connectivity index (χ1) is 23.5. The highest BCUT2D eigenvalue weighted by Gasteiger charge is 2.40. The van der Waals surface area contributed by atoms with Gasteiger partial charge in [-0.3, -0.25) is 19.1 Å². The van der Waals surface area contributed by atoms with Gasteiger partial charge in [-0.1, -0.05) is 49.4 Å². The molecule has 8 rings (SSSR count). The van der Waals surface area contributed by atoms with E-state index in [2.05, 4.69) is 55.7 Å². The molecule has 242 valence electrons. The van der Waals surface area contributed by atoms with Gasteiger partial charge in [0.25, 0.3) is 5.43 Å². The molecule has 1 aliphatic carbocycles. The number of rotatable bonds is 10. The molecule has 0 radical (unpaired) electrons. The number of thioether (sulfide) groups is 1. The van der Waals surface area contributed by atoms with Gasteiger partial charge in [-0.25, -0.2) is 15.0 Å². The number of hydrogen-bond acceptors (Lipinski definition) is 9. The van der Waals surface area contributed by atoms with Gasteiger partial charge in [0.05, 0.1) is 16.2 Å². The Labute approximate surface area is 283 Å². The van der Waals surface area contributed by atoms with Gasteiger partial charge in [-0.2, -0.15) is 0 Å². The number of nitrogens with two attached hydrogens (primary N) is 1. The Balaban J connectivity index is 1.03. The Bertz CT molecular complexity index is 2160. The van der Waals surface area contributed by atoms with Crippen molar-refractivity contribution in [3.05, 3.63) is 111 Å². The van der Waals surface area contributed by atoms with Crippen molar-refractivity contribution in [3.8, 4) is 28.3 Å². The molecule has 0 atom stereocenters.